The summed E-state index contributed by atoms with van der Waals surface area (Å²) in [6.07, 6.45) is 3.63. The van der Waals surface area contributed by atoms with Crippen molar-refractivity contribution in [1.29, 1.82) is 0 Å². The van der Waals surface area contributed by atoms with E-state index in [1.54, 1.807) is 7.11 Å². The third-order valence-corrected chi connectivity index (χ3v) is 3.92. The molecule has 1 fully saturated rings. The van der Waals surface area contributed by atoms with Gasteiger partial charge >= 0.3 is 0 Å². The molecule has 0 saturated carbocycles. The Labute approximate surface area is 127 Å². The van der Waals surface area contributed by atoms with E-state index in [9.17, 15) is 0 Å². The summed E-state index contributed by atoms with van der Waals surface area (Å²) in [6, 6.07) is 6.45. The smallest absolute Gasteiger partial charge is 0.161 e. The van der Waals surface area contributed by atoms with E-state index >= 15 is 0 Å². The molecule has 1 aromatic carbocycles. The number of hydrogen-bond acceptors (Lipinski definition) is 4. The van der Waals surface area contributed by atoms with Crippen molar-refractivity contribution in [3.63, 3.8) is 0 Å². The Kier molecular flexibility index (Phi) is 6.33. The summed E-state index contributed by atoms with van der Waals surface area (Å²) in [5.74, 6) is 1.60. The maximum absolute atomic E-state index is 5.86. The van der Waals surface area contributed by atoms with E-state index in [1.165, 1.54) is 12.0 Å². The molecular weight excluding hydrogens is 266 g/mol. The maximum atomic E-state index is 5.86. The fourth-order valence-electron chi connectivity index (χ4n) is 2.67. The molecule has 0 amide bonds. The van der Waals surface area contributed by atoms with Crippen LogP contribution in [0.4, 0.5) is 0 Å². The zero-order valence-electron chi connectivity index (χ0n) is 13.4. The standard InChI is InChI=1S/C17H27NO3/c1-4-18-13(2)14-7-8-16(17(12-14)19-3)21-11-9-15-6-5-10-20-15/h7-8,12-13,15,18H,4-6,9-11H2,1-3H3. The summed E-state index contributed by atoms with van der Waals surface area (Å²) < 4.78 is 16.9. The fourth-order valence-corrected chi connectivity index (χ4v) is 2.67. The summed E-state index contributed by atoms with van der Waals surface area (Å²) in [7, 11) is 1.68. The van der Waals surface area contributed by atoms with Crippen LogP contribution in [0.2, 0.25) is 0 Å². The lowest BCUT2D eigenvalue weighted by molar-refractivity contribution is 0.0899. The highest BCUT2D eigenvalue weighted by Gasteiger charge is 2.16. The Morgan fingerprint density at radius 1 is 1.38 bits per heavy atom. The molecule has 2 rings (SSSR count). The van der Waals surface area contributed by atoms with Crippen LogP contribution in [-0.2, 0) is 4.74 Å². The maximum Gasteiger partial charge on any atom is 0.161 e. The molecule has 0 radical (unpaired) electrons. The minimum Gasteiger partial charge on any atom is -0.493 e. The molecule has 21 heavy (non-hydrogen) atoms. The molecule has 2 atom stereocenters. The number of rotatable bonds is 8. The van der Waals surface area contributed by atoms with E-state index in [2.05, 4.69) is 31.3 Å². The second kappa shape index (κ2) is 8.25. The van der Waals surface area contributed by atoms with Crippen LogP contribution in [0.5, 0.6) is 11.5 Å². The molecular formula is C17H27NO3. The zero-order valence-corrected chi connectivity index (χ0v) is 13.4. The molecule has 1 aliphatic rings. The molecule has 4 nitrogen and oxygen atoms in total. The average molecular weight is 293 g/mol. The molecule has 1 heterocycles. The van der Waals surface area contributed by atoms with Crippen LogP contribution in [-0.4, -0.2) is 33.0 Å². The van der Waals surface area contributed by atoms with Crippen molar-refractivity contribution in [2.45, 2.75) is 45.3 Å². The summed E-state index contributed by atoms with van der Waals surface area (Å²) in [4.78, 5) is 0. The highest BCUT2D eigenvalue weighted by molar-refractivity contribution is 5.43. The van der Waals surface area contributed by atoms with Crippen molar-refractivity contribution < 1.29 is 14.2 Å². The van der Waals surface area contributed by atoms with Gasteiger partial charge in [-0.2, -0.15) is 0 Å². The predicted octanol–water partition coefficient (Wildman–Crippen LogP) is 3.31. The largest absolute Gasteiger partial charge is 0.493 e. The Morgan fingerprint density at radius 3 is 2.90 bits per heavy atom. The fraction of sp³-hybridized carbons (Fsp3) is 0.647. The molecule has 0 bridgehead atoms. The molecule has 1 saturated heterocycles. The zero-order chi connectivity index (χ0) is 15.1. The van der Waals surface area contributed by atoms with Crippen LogP contribution >= 0.6 is 0 Å². The van der Waals surface area contributed by atoms with Crippen LogP contribution in [0.3, 0.4) is 0 Å². The third kappa shape index (κ3) is 4.61. The minimum absolute atomic E-state index is 0.310. The van der Waals surface area contributed by atoms with E-state index < -0.39 is 0 Å². The molecule has 1 N–H and O–H groups in total. The van der Waals surface area contributed by atoms with Gasteiger partial charge in [-0.05, 0) is 44.0 Å². The van der Waals surface area contributed by atoms with Crippen molar-refractivity contribution in [1.82, 2.24) is 5.32 Å². The van der Waals surface area contributed by atoms with Gasteiger partial charge in [-0.1, -0.05) is 13.0 Å². The second-order valence-electron chi connectivity index (χ2n) is 5.46. The van der Waals surface area contributed by atoms with E-state index in [1.807, 2.05) is 6.07 Å². The number of methoxy groups -OCH3 is 1. The third-order valence-electron chi connectivity index (χ3n) is 3.92. The Morgan fingerprint density at radius 2 is 2.24 bits per heavy atom. The number of nitrogens with one attached hydrogen (secondary N) is 1. The quantitative estimate of drug-likeness (QED) is 0.798. The van der Waals surface area contributed by atoms with Gasteiger partial charge in [0.25, 0.3) is 0 Å². The molecule has 118 valence electrons. The Hall–Kier alpha value is -1.26. The van der Waals surface area contributed by atoms with E-state index in [-0.39, 0.29) is 0 Å². The predicted molar refractivity (Wildman–Crippen MR) is 84.2 cm³/mol. The van der Waals surface area contributed by atoms with E-state index in [0.717, 1.165) is 37.5 Å². The second-order valence-corrected chi connectivity index (χ2v) is 5.46. The lowest BCUT2D eigenvalue weighted by Crippen LogP contribution is -2.17. The van der Waals surface area contributed by atoms with Crippen LogP contribution < -0.4 is 14.8 Å². The minimum atomic E-state index is 0.310. The summed E-state index contributed by atoms with van der Waals surface area (Å²) >= 11 is 0. The number of benzene rings is 1. The van der Waals surface area contributed by atoms with Gasteiger partial charge in [0, 0.05) is 19.1 Å². The first kappa shape index (κ1) is 16.1. The first-order valence-electron chi connectivity index (χ1n) is 7.90. The summed E-state index contributed by atoms with van der Waals surface area (Å²) in [5, 5.41) is 3.40. The molecule has 4 heteroatoms. The molecule has 0 spiro atoms. The number of ether oxygens (including phenoxy) is 3. The van der Waals surface area contributed by atoms with Crippen LogP contribution in [0.25, 0.3) is 0 Å². The van der Waals surface area contributed by atoms with Crippen molar-refractivity contribution in [2.24, 2.45) is 0 Å². The van der Waals surface area contributed by atoms with Gasteiger partial charge in [0.15, 0.2) is 11.5 Å². The first-order chi connectivity index (χ1) is 10.2. The highest BCUT2D eigenvalue weighted by Crippen LogP contribution is 2.30. The van der Waals surface area contributed by atoms with Gasteiger partial charge in [-0.15, -0.1) is 0 Å². The van der Waals surface area contributed by atoms with Crippen molar-refractivity contribution in [3.8, 4) is 11.5 Å². The lowest BCUT2D eigenvalue weighted by atomic mass is 10.1. The van der Waals surface area contributed by atoms with Gasteiger partial charge in [0.2, 0.25) is 0 Å². The Bertz CT molecular complexity index is 430. The van der Waals surface area contributed by atoms with Crippen LogP contribution in [0.1, 0.15) is 44.7 Å². The lowest BCUT2D eigenvalue weighted by Gasteiger charge is -2.17. The molecule has 1 aromatic rings. The van der Waals surface area contributed by atoms with Crippen molar-refractivity contribution in [2.75, 3.05) is 26.9 Å². The van der Waals surface area contributed by atoms with Gasteiger partial charge in [0.1, 0.15) is 0 Å². The Balaban J connectivity index is 1.92. The average Bonchev–Trinajstić information content (AvgIpc) is 3.01. The van der Waals surface area contributed by atoms with Gasteiger partial charge in [-0.25, -0.2) is 0 Å². The van der Waals surface area contributed by atoms with Crippen LogP contribution in [0, 0.1) is 0 Å². The van der Waals surface area contributed by atoms with Crippen LogP contribution in [0.15, 0.2) is 18.2 Å². The van der Waals surface area contributed by atoms with Gasteiger partial charge < -0.3 is 19.5 Å². The normalized spacial score (nSPS) is 19.5. The summed E-state index contributed by atoms with van der Waals surface area (Å²) in [5.41, 5.74) is 1.21. The summed E-state index contributed by atoms with van der Waals surface area (Å²) in [6.45, 7) is 6.77. The SMILES string of the molecule is CCNC(C)c1ccc(OCCC2CCCO2)c(OC)c1. The van der Waals surface area contributed by atoms with E-state index in [4.69, 9.17) is 14.2 Å². The van der Waals surface area contributed by atoms with Gasteiger partial charge in [-0.3, -0.25) is 0 Å². The van der Waals surface area contributed by atoms with Crippen molar-refractivity contribution >= 4 is 0 Å². The first-order valence-corrected chi connectivity index (χ1v) is 7.90. The van der Waals surface area contributed by atoms with Gasteiger partial charge in [0.05, 0.1) is 19.8 Å². The molecule has 0 aliphatic carbocycles. The molecule has 0 aromatic heterocycles. The molecule has 1 aliphatic heterocycles. The highest BCUT2D eigenvalue weighted by atomic mass is 16.5. The monoisotopic (exact) mass is 293 g/mol. The molecule has 2 unspecified atom stereocenters. The van der Waals surface area contributed by atoms with E-state index in [0.29, 0.717) is 18.8 Å². The number of hydrogen-bond donors (Lipinski definition) is 1. The topological polar surface area (TPSA) is 39.7 Å². The van der Waals surface area contributed by atoms with Crippen molar-refractivity contribution in [3.05, 3.63) is 23.8 Å².